The van der Waals surface area contributed by atoms with Crippen molar-refractivity contribution in [2.75, 3.05) is 24.6 Å². The summed E-state index contributed by atoms with van der Waals surface area (Å²) in [6.45, 7) is 2.42. The number of aliphatic hydroxyl groups excluding tert-OH is 1. The van der Waals surface area contributed by atoms with Crippen LogP contribution in [0.1, 0.15) is 18.4 Å². The molecule has 1 aliphatic rings. The Labute approximate surface area is 165 Å². The van der Waals surface area contributed by atoms with Crippen LogP contribution in [-0.4, -0.2) is 45.2 Å². The number of carbonyl (C=O) groups is 1. The lowest BCUT2D eigenvalue weighted by atomic mass is 10.2. The van der Waals surface area contributed by atoms with Crippen LogP contribution in [0.25, 0.3) is 0 Å². The summed E-state index contributed by atoms with van der Waals surface area (Å²) in [5, 5.41) is 10.00. The second kappa shape index (κ2) is 8.72. The van der Waals surface area contributed by atoms with Crippen molar-refractivity contribution in [3.8, 4) is 5.75 Å². The maximum absolute atomic E-state index is 12.4. The summed E-state index contributed by atoms with van der Waals surface area (Å²) in [5.41, 5.74) is 1.79. The Morgan fingerprint density at radius 3 is 2.43 bits per heavy atom. The molecule has 150 valence electrons. The van der Waals surface area contributed by atoms with Gasteiger partial charge in [0, 0.05) is 25.2 Å². The molecule has 1 saturated heterocycles. The van der Waals surface area contributed by atoms with E-state index in [9.17, 15) is 18.3 Å². The fraction of sp³-hybridized carbons (Fsp3) is 0.350. The number of hydrogen-bond donors (Lipinski definition) is 2. The van der Waals surface area contributed by atoms with Gasteiger partial charge < -0.3 is 14.7 Å². The summed E-state index contributed by atoms with van der Waals surface area (Å²) in [5.74, 6) is 0.657. The van der Waals surface area contributed by atoms with Crippen LogP contribution in [0.2, 0.25) is 0 Å². The maximum atomic E-state index is 12.4. The first kappa shape index (κ1) is 20.3. The molecule has 1 unspecified atom stereocenters. The van der Waals surface area contributed by atoms with Crippen molar-refractivity contribution < 1.29 is 23.1 Å². The largest absolute Gasteiger partial charge is 0.491 e. The lowest BCUT2D eigenvalue weighted by Gasteiger charge is -2.16. The Morgan fingerprint density at radius 1 is 1.14 bits per heavy atom. The standard InChI is InChI=1S/C20H24N2O5S/c1-15-4-8-18(9-5-15)27-14-17(23)13-21-28(25,26)19-10-6-16(7-11-19)22-12-2-3-20(22)24/h4-11,17,21,23H,2-3,12-14H2,1H3. The second-order valence-corrected chi connectivity index (χ2v) is 8.54. The number of nitrogens with zero attached hydrogens (tertiary/aromatic N) is 1. The van der Waals surface area contributed by atoms with Gasteiger partial charge >= 0.3 is 0 Å². The predicted octanol–water partition coefficient (Wildman–Crippen LogP) is 1.84. The third kappa shape index (κ3) is 5.09. The summed E-state index contributed by atoms with van der Waals surface area (Å²) in [4.78, 5) is 13.5. The van der Waals surface area contributed by atoms with Gasteiger partial charge in [-0.1, -0.05) is 17.7 Å². The van der Waals surface area contributed by atoms with Crippen LogP contribution in [0, 0.1) is 6.92 Å². The van der Waals surface area contributed by atoms with E-state index in [1.165, 1.54) is 12.1 Å². The van der Waals surface area contributed by atoms with E-state index in [1.54, 1.807) is 29.2 Å². The molecule has 8 heteroatoms. The van der Waals surface area contributed by atoms with Crippen LogP contribution < -0.4 is 14.4 Å². The number of carbonyl (C=O) groups excluding carboxylic acids is 1. The van der Waals surface area contributed by atoms with E-state index >= 15 is 0 Å². The third-order valence-electron chi connectivity index (χ3n) is 4.50. The molecule has 0 saturated carbocycles. The molecule has 7 nitrogen and oxygen atoms in total. The molecule has 2 aromatic carbocycles. The fourth-order valence-corrected chi connectivity index (χ4v) is 3.97. The van der Waals surface area contributed by atoms with Crippen molar-refractivity contribution >= 4 is 21.6 Å². The van der Waals surface area contributed by atoms with Gasteiger partial charge in [0.25, 0.3) is 0 Å². The highest BCUT2D eigenvalue weighted by atomic mass is 32.2. The summed E-state index contributed by atoms with van der Waals surface area (Å²) in [7, 11) is -3.77. The lowest BCUT2D eigenvalue weighted by Crippen LogP contribution is -2.35. The predicted molar refractivity (Wildman–Crippen MR) is 106 cm³/mol. The van der Waals surface area contributed by atoms with Gasteiger partial charge in [0.2, 0.25) is 15.9 Å². The minimum absolute atomic E-state index is 0.0262. The maximum Gasteiger partial charge on any atom is 0.240 e. The molecule has 1 fully saturated rings. The molecular formula is C20H24N2O5S. The highest BCUT2D eigenvalue weighted by molar-refractivity contribution is 7.89. The number of hydrogen-bond acceptors (Lipinski definition) is 5. The van der Waals surface area contributed by atoms with Crippen molar-refractivity contribution in [1.82, 2.24) is 4.72 Å². The van der Waals surface area contributed by atoms with Gasteiger partial charge in [-0.15, -0.1) is 0 Å². The Morgan fingerprint density at radius 2 is 1.82 bits per heavy atom. The number of aryl methyl sites for hydroxylation is 1. The molecule has 1 aliphatic heterocycles. The molecule has 1 amide bonds. The van der Waals surface area contributed by atoms with E-state index in [1.807, 2.05) is 19.1 Å². The molecule has 0 bridgehead atoms. The first-order valence-electron chi connectivity index (χ1n) is 9.13. The van der Waals surface area contributed by atoms with Gasteiger partial charge in [-0.2, -0.15) is 0 Å². The van der Waals surface area contributed by atoms with Gasteiger partial charge in [-0.25, -0.2) is 13.1 Å². The number of amides is 1. The summed E-state index contributed by atoms with van der Waals surface area (Å²) in [6, 6.07) is 13.5. The number of benzene rings is 2. The van der Waals surface area contributed by atoms with E-state index < -0.39 is 16.1 Å². The zero-order valence-electron chi connectivity index (χ0n) is 15.7. The van der Waals surface area contributed by atoms with Gasteiger partial charge in [-0.3, -0.25) is 4.79 Å². The average molecular weight is 404 g/mol. The van der Waals surface area contributed by atoms with Gasteiger partial charge in [0.15, 0.2) is 0 Å². The van der Waals surface area contributed by atoms with E-state index in [2.05, 4.69) is 4.72 Å². The number of sulfonamides is 1. The molecule has 1 atom stereocenters. The highest BCUT2D eigenvalue weighted by Gasteiger charge is 2.22. The normalized spacial score (nSPS) is 15.6. The number of anilines is 1. The summed E-state index contributed by atoms with van der Waals surface area (Å²) < 4.78 is 32.6. The van der Waals surface area contributed by atoms with Crippen LogP contribution in [0.3, 0.4) is 0 Å². The number of rotatable bonds is 8. The Bertz CT molecular complexity index is 911. The van der Waals surface area contributed by atoms with Crippen LogP contribution in [0.5, 0.6) is 5.75 Å². The number of aliphatic hydroxyl groups is 1. The van der Waals surface area contributed by atoms with Crippen LogP contribution >= 0.6 is 0 Å². The van der Waals surface area contributed by atoms with E-state index in [0.29, 0.717) is 24.4 Å². The summed E-state index contributed by atoms with van der Waals surface area (Å²) >= 11 is 0. The molecule has 1 heterocycles. The zero-order chi connectivity index (χ0) is 20.1. The second-order valence-electron chi connectivity index (χ2n) is 6.77. The molecule has 2 aromatic rings. The fourth-order valence-electron chi connectivity index (χ4n) is 2.90. The number of nitrogens with one attached hydrogen (secondary N) is 1. The smallest absolute Gasteiger partial charge is 0.240 e. The van der Waals surface area contributed by atoms with Crippen LogP contribution in [0.15, 0.2) is 53.4 Å². The molecule has 3 rings (SSSR count). The highest BCUT2D eigenvalue weighted by Crippen LogP contribution is 2.23. The van der Waals surface area contributed by atoms with Crippen LogP contribution in [-0.2, 0) is 14.8 Å². The topological polar surface area (TPSA) is 95.9 Å². The van der Waals surface area contributed by atoms with E-state index in [-0.39, 0.29) is 24.0 Å². The van der Waals surface area contributed by atoms with Crippen molar-refractivity contribution in [3.63, 3.8) is 0 Å². The molecule has 0 radical (unpaired) electrons. The molecule has 0 aliphatic carbocycles. The first-order valence-corrected chi connectivity index (χ1v) is 10.6. The van der Waals surface area contributed by atoms with Crippen molar-refractivity contribution in [2.24, 2.45) is 0 Å². The minimum atomic E-state index is -3.77. The van der Waals surface area contributed by atoms with E-state index in [0.717, 1.165) is 12.0 Å². The van der Waals surface area contributed by atoms with Crippen molar-refractivity contribution in [2.45, 2.75) is 30.8 Å². The first-order chi connectivity index (χ1) is 13.3. The van der Waals surface area contributed by atoms with E-state index in [4.69, 9.17) is 4.74 Å². The Balaban J connectivity index is 1.52. The molecule has 0 aromatic heterocycles. The average Bonchev–Trinajstić information content (AvgIpc) is 3.12. The quantitative estimate of drug-likeness (QED) is 0.700. The van der Waals surface area contributed by atoms with Crippen molar-refractivity contribution in [3.05, 3.63) is 54.1 Å². The molecule has 28 heavy (non-hydrogen) atoms. The number of ether oxygens (including phenoxy) is 1. The minimum Gasteiger partial charge on any atom is -0.491 e. The lowest BCUT2D eigenvalue weighted by molar-refractivity contribution is -0.117. The summed E-state index contributed by atoms with van der Waals surface area (Å²) in [6.07, 6.45) is 0.338. The third-order valence-corrected chi connectivity index (χ3v) is 5.94. The van der Waals surface area contributed by atoms with Gasteiger partial charge in [-0.05, 0) is 49.7 Å². The van der Waals surface area contributed by atoms with Crippen LogP contribution in [0.4, 0.5) is 5.69 Å². The monoisotopic (exact) mass is 404 g/mol. The Kier molecular flexibility index (Phi) is 6.33. The SMILES string of the molecule is Cc1ccc(OCC(O)CNS(=O)(=O)c2ccc(N3CCCC3=O)cc2)cc1. The molecular weight excluding hydrogens is 380 g/mol. The zero-order valence-corrected chi connectivity index (χ0v) is 16.5. The Hall–Kier alpha value is -2.42. The van der Waals surface area contributed by atoms with Gasteiger partial charge in [0.1, 0.15) is 18.5 Å². The molecule has 2 N–H and O–H groups in total. The molecule has 0 spiro atoms. The van der Waals surface area contributed by atoms with Gasteiger partial charge in [0.05, 0.1) is 4.90 Å². The van der Waals surface area contributed by atoms with Crippen molar-refractivity contribution in [1.29, 1.82) is 0 Å².